The van der Waals surface area contributed by atoms with Crippen LogP contribution in [-0.4, -0.2) is 25.7 Å². The van der Waals surface area contributed by atoms with Gasteiger partial charge in [-0.15, -0.1) is 0 Å². The van der Waals surface area contributed by atoms with Crippen LogP contribution in [0.3, 0.4) is 0 Å². The summed E-state index contributed by atoms with van der Waals surface area (Å²) >= 11 is 0. The second-order valence-corrected chi connectivity index (χ2v) is 5.38. The summed E-state index contributed by atoms with van der Waals surface area (Å²) in [5.74, 6) is 1.60. The largest absolute Gasteiger partial charge is 0.493 e. The highest BCUT2D eigenvalue weighted by Crippen LogP contribution is 2.16. The number of amides is 1. The van der Waals surface area contributed by atoms with Crippen molar-refractivity contribution in [3.05, 3.63) is 59.7 Å². The minimum Gasteiger partial charge on any atom is -0.493 e. The molecule has 2 rings (SSSR count). The van der Waals surface area contributed by atoms with Crippen LogP contribution in [0.4, 0.5) is 0 Å². The zero-order valence-electron chi connectivity index (χ0n) is 13.7. The molecule has 0 fully saturated rings. The maximum Gasteiger partial charge on any atom is 0.223 e. The number of carbonyl (C=O) groups excluding carboxylic acids is 1. The molecule has 0 aliphatic heterocycles. The summed E-state index contributed by atoms with van der Waals surface area (Å²) in [4.78, 5) is 11.7. The first-order chi connectivity index (χ1) is 11.1. The van der Waals surface area contributed by atoms with Gasteiger partial charge in [-0.1, -0.05) is 35.9 Å². The first kappa shape index (κ1) is 16.9. The van der Waals surface area contributed by atoms with Gasteiger partial charge in [0.05, 0.1) is 19.6 Å². The average molecular weight is 313 g/mol. The van der Waals surface area contributed by atoms with E-state index in [2.05, 4.69) is 5.32 Å². The van der Waals surface area contributed by atoms with Crippen LogP contribution in [0.5, 0.6) is 11.5 Å². The highest BCUT2D eigenvalue weighted by molar-refractivity contribution is 5.75. The van der Waals surface area contributed by atoms with Gasteiger partial charge in [-0.2, -0.15) is 0 Å². The summed E-state index contributed by atoms with van der Waals surface area (Å²) in [5, 5.41) is 2.82. The zero-order chi connectivity index (χ0) is 16.5. The van der Waals surface area contributed by atoms with Gasteiger partial charge in [0.25, 0.3) is 0 Å². The van der Waals surface area contributed by atoms with Crippen LogP contribution < -0.4 is 14.8 Å². The Labute approximate surface area is 137 Å². The number of para-hydroxylation sites is 1. The quantitative estimate of drug-likeness (QED) is 0.761. The fourth-order valence-corrected chi connectivity index (χ4v) is 2.05. The molecule has 0 radical (unpaired) electrons. The maximum absolute atomic E-state index is 11.7. The van der Waals surface area contributed by atoms with Gasteiger partial charge in [0, 0.05) is 0 Å². The van der Waals surface area contributed by atoms with Gasteiger partial charge in [0.2, 0.25) is 5.91 Å². The first-order valence-corrected chi connectivity index (χ1v) is 7.80. The lowest BCUT2D eigenvalue weighted by molar-refractivity contribution is -0.121. The van der Waals surface area contributed by atoms with Crippen LogP contribution in [0.15, 0.2) is 48.5 Å². The van der Waals surface area contributed by atoms with Gasteiger partial charge in [0.1, 0.15) is 18.1 Å². The lowest BCUT2D eigenvalue weighted by Gasteiger charge is -2.10. The number of ether oxygens (including phenoxy) is 2. The van der Waals surface area contributed by atoms with Crippen LogP contribution in [-0.2, 0) is 4.79 Å². The summed E-state index contributed by atoms with van der Waals surface area (Å²) < 4.78 is 11.2. The van der Waals surface area contributed by atoms with E-state index in [1.807, 2.05) is 62.4 Å². The molecular weight excluding hydrogens is 290 g/mol. The Morgan fingerprint density at radius 1 is 0.957 bits per heavy atom. The predicted molar refractivity (Wildman–Crippen MR) is 91.0 cm³/mol. The van der Waals surface area contributed by atoms with Crippen molar-refractivity contribution in [1.29, 1.82) is 0 Å². The smallest absolute Gasteiger partial charge is 0.223 e. The van der Waals surface area contributed by atoms with E-state index in [-0.39, 0.29) is 5.91 Å². The Hall–Kier alpha value is -2.49. The van der Waals surface area contributed by atoms with Crippen LogP contribution >= 0.6 is 0 Å². The Bertz CT molecular complexity index is 623. The monoisotopic (exact) mass is 313 g/mol. The van der Waals surface area contributed by atoms with Crippen LogP contribution in [0.1, 0.15) is 17.5 Å². The second-order valence-electron chi connectivity index (χ2n) is 5.38. The summed E-state index contributed by atoms with van der Waals surface area (Å²) in [5.41, 5.74) is 2.26. The van der Waals surface area contributed by atoms with Crippen molar-refractivity contribution in [2.45, 2.75) is 20.3 Å². The third-order valence-corrected chi connectivity index (χ3v) is 3.39. The third kappa shape index (κ3) is 6.02. The van der Waals surface area contributed by atoms with Gasteiger partial charge in [-0.05, 0) is 37.6 Å². The summed E-state index contributed by atoms with van der Waals surface area (Å²) in [6, 6.07) is 15.6. The van der Waals surface area contributed by atoms with E-state index in [1.54, 1.807) is 0 Å². The minimum absolute atomic E-state index is 0.0360. The van der Waals surface area contributed by atoms with Crippen LogP contribution in [0.25, 0.3) is 0 Å². The van der Waals surface area contributed by atoms with Crippen molar-refractivity contribution < 1.29 is 14.3 Å². The summed E-state index contributed by atoms with van der Waals surface area (Å²) in [7, 11) is 0. The molecule has 0 saturated carbocycles. The van der Waals surface area contributed by atoms with E-state index in [9.17, 15) is 4.79 Å². The summed E-state index contributed by atoms with van der Waals surface area (Å²) in [6.45, 7) is 5.32. The van der Waals surface area contributed by atoms with Gasteiger partial charge in [0.15, 0.2) is 0 Å². The van der Waals surface area contributed by atoms with Gasteiger partial charge in [-0.3, -0.25) is 4.79 Å². The lowest BCUT2D eigenvalue weighted by atomic mass is 10.2. The molecule has 23 heavy (non-hydrogen) atoms. The topological polar surface area (TPSA) is 47.6 Å². The predicted octanol–water partition coefficient (Wildman–Crippen LogP) is 3.27. The molecule has 0 saturated heterocycles. The molecule has 0 heterocycles. The van der Waals surface area contributed by atoms with E-state index in [0.29, 0.717) is 26.2 Å². The van der Waals surface area contributed by atoms with E-state index >= 15 is 0 Å². The van der Waals surface area contributed by atoms with Gasteiger partial charge >= 0.3 is 0 Å². The van der Waals surface area contributed by atoms with Gasteiger partial charge in [-0.25, -0.2) is 0 Å². The van der Waals surface area contributed by atoms with E-state index < -0.39 is 0 Å². The minimum atomic E-state index is -0.0360. The Balaban J connectivity index is 1.58. The Morgan fingerprint density at radius 2 is 1.70 bits per heavy atom. The van der Waals surface area contributed by atoms with Crippen molar-refractivity contribution >= 4 is 5.91 Å². The fourth-order valence-electron chi connectivity index (χ4n) is 2.05. The molecule has 0 aliphatic rings. The molecule has 0 bridgehead atoms. The van der Waals surface area contributed by atoms with Crippen LogP contribution in [0.2, 0.25) is 0 Å². The van der Waals surface area contributed by atoms with Gasteiger partial charge < -0.3 is 14.8 Å². The lowest BCUT2D eigenvalue weighted by Crippen LogP contribution is -2.29. The van der Waals surface area contributed by atoms with Crippen LogP contribution in [0, 0.1) is 13.8 Å². The molecule has 1 N–H and O–H groups in total. The molecule has 0 unspecified atom stereocenters. The highest BCUT2D eigenvalue weighted by atomic mass is 16.5. The molecular formula is C19H23NO3. The van der Waals surface area contributed by atoms with Crippen molar-refractivity contribution in [3.63, 3.8) is 0 Å². The van der Waals surface area contributed by atoms with Crippen molar-refractivity contribution in [3.8, 4) is 11.5 Å². The molecule has 122 valence electrons. The average Bonchev–Trinajstić information content (AvgIpc) is 2.55. The SMILES string of the molecule is Cc1ccc(OCCNC(=O)CCOc2ccccc2C)cc1. The molecule has 0 atom stereocenters. The molecule has 2 aromatic rings. The molecule has 4 nitrogen and oxygen atoms in total. The molecule has 4 heteroatoms. The highest BCUT2D eigenvalue weighted by Gasteiger charge is 2.03. The number of hydrogen-bond donors (Lipinski definition) is 1. The number of aryl methyl sites for hydroxylation is 2. The van der Waals surface area contributed by atoms with E-state index in [0.717, 1.165) is 17.1 Å². The van der Waals surface area contributed by atoms with E-state index in [1.165, 1.54) is 5.56 Å². The van der Waals surface area contributed by atoms with Crippen molar-refractivity contribution in [2.24, 2.45) is 0 Å². The number of benzene rings is 2. The van der Waals surface area contributed by atoms with E-state index in [4.69, 9.17) is 9.47 Å². The molecule has 0 aliphatic carbocycles. The van der Waals surface area contributed by atoms with Crippen molar-refractivity contribution in [1.82, 2.24) is 5.32 Å². The van der Waals surface area contributed by atoms with Crippen molar-refractivity contribution in [2.75, 3.05) is 19.8 Å². The first-order valence-electron chi connectivity index (χ1n) is 7.80. The maximum atomic E-state index is 11.7. The zero-order valence-corrected chi connectivity index (χ0v) is 13.7. The standard InChI is InChI=1S/C19H23NO3/c1-15-7-9-17(10-8-15)22-14-12-20-19(21)11-13-23-18-6-4-3-5-16(18)2/h3-10H,11-14H2,1-2H3,(H,20,21). The number of carbonyl (C=O) groups is 1. The molecule has 0 spiro atoms. The fraction of sp³-hybridized carbons (Fsp3) is 0.316. The summed E-state index contributed by atoms with van der Waals surface area (Å²) in [6.07, 6.45) is 0.332. The Morgan fingerprint density at radius 3 is 2.43 bits per heavy atom. The number of rotatable bonds is 8. The number of nitrogens with one attached hydrogen (secondary N) is 1. The molecule has 0 aromatic heterocycles. The Kier molecular flexibility index (Phi) is 6.48. The normalized spacial score (nSPS) is 10.2. The molecule has 2 aromatic carbocycles. The number of hydrogen-bond acceptors (Lipinski definition) is 3. The third-order valence-electron chi connectivity index (χ3n) is 3.39. The molecule has 1 amide bonds. The second kappa shape index (κ2) is 8.83.